The lowest BCUT2D eigenvalue weighted by molar-refractivity contribution is 0.187. The highest BCUT2D eigenvalue weighted by atomic mass is 35.5. The van der Waals surface area contributed by atoms with Crippen molar-refractivity contribution in [2.75, 3.05) is 0 Å². The number of carbonyl (C=O) groups is 1. The van der Waals surface area contributed by atoms with Gasteiger partial charge in [0.05, 0.1) is 22.6 Å². The van der Waals surface area contributed by atoms with Crippen molar-refractivity contribution in [1.29, 1.82) is 0 Å². The monoisotopic (exact) mass is 301 g/mol. The van der Waals surface area contributed by atoms with Gasteiger partial charge in [0, 0.05) is 0 Å². The van der Waals surface area contributed by atoms with Gasteiger partial charge in [-0.1, -0.05) is 29.3 Å². The van der Waals surface area contributed by atoms with E-state index in [1.165, 1.54) is 11.1 Å². The van der Waals surface area contributed by atoms with E-state index in [1.807, 2.05) is 0 Å². The summed E-state index contributed by atoms with van der Waals surface area (Å²) < 4.78 is 0. The van der Waals surface area contributed by atoms with Crippen molar-refractivity contribution in [2.24, 2.45) is 0 Å². The predicted octanol–water partition coefficient (Wildman–Crippen LogP) is 1.99. The second kappa shape index (κ2) is 5.85. The van der Waals surface area contributed by atoms with Gasteiger partial charge in [0.25, 0.3) is 0 Å². The Labute approximate surface area is 118 Å². The molecule has 2 rings (SSSR count). The van der Waals surface area contributed by atoms with Crippen LogP contribution in [-0.4, -0.2) is 31.4 Å². The fraction of sp³-hybridized carbons (Fsp3) is 0.200. The molecular weight excluding hydrogens is 293 g/mol. The van der Waals surface area contributed by atoms with Crippen molar-refractivity contribution in [3.05, 3.63) is 40.1 Å². The molecule has 0 saturated carbocycles. The molecule has 0 radical (unpaired) electrons. The number of halogens is 2. The molecule has 0 spiro atoms. The molecule has 9 heteroatoms. The van der Waals surface area contributed by atoms with Gasteiger partial charge in [0.1, 0.15) is 0 Å². The average Bonchev–Trinajstić information content (AvgIpc) is 2.84. The molecule has 100 valence electrons. The summed E-state index contributed by atoms with van der Waals surface area (Å²) in [5, 5.41) is 23.1. The van der Waals surface area contributed by atoms with E-state index in [0.717, 1.165) is 0 Å². The first kappa shape index (κ1) is 13.6. The molecule has 0 aliphatic carbocycles. The maximum atomic E-state index is 10.8. The molecule has 1 aromatic heterocycles. The van der Waals surface area contributed by atoms with E-state index < -0.39 is 12.1 Å². The lowest BCUT2D eigenvalue weighted by Crippen LogP contribution is -2.30. The van der Waals surface area contributed by atoms with Crippen molar-refractivity contribution in [2.45, 2.75) is 12.6 Å². The van der Waals surface area contributed by atoms with E-state index in [0.29, 0.717) is 15.6 Å². The quantitative estimate of drug-likeness (QED) is 0.901. The topological polar surface area (TPSA) is 92.9 Å². The third-order valence-electron chi connectivity index (χ3n) is 2.38. The zero-order valence-corrected chi connectivity index (χ0v) is 11.0. The largest absolute Gasteiger partial charge is 0.465 e. The van der Waals surface area contributed by atoms with E-state index >= 15 is 0 Å². The van der Waals surface area contributed by atoms with Crippen molar-refractivity contribution >= 4 is 29.3 Å². The molecule has 0 aliphatic rings. The summed E-state index contributed by atoms with van der Waals surface area (Å²) in [6, 6.07) is 4.33. The minimum Gasteiger partial charge on any atom is -0.465 e. The molecule has 0 bridgehead atoms. The average molecular weight is 302 g/mol. The number of nitrogens with zero attached hydrogens (tertiary/aromatic N) is 4. The van der Waals surface area contributed by atoms with Crippen LogP contribution >= 0.6 is 23.2 Å². The van der Waals surface area contributed by atoms with Crippen LogP contribution in [0.3, 0.4) is 0 Å². The Morgan fingerprint density at radius 3 is 2.79 bits per heavy atom. The smallest absolute Gasteiger partial charge is 0.405 e. The van der Waals surface area contributed by atoms with Gasteiger partial charge in [-0.3, -0.25) is 0 Å². The van der Waals surface area contributed by atoms with E-state index in [-0.39, 0.29) is 6.54 Å². The summed E-state index contributed by atoms with van der Waals surface area (Å²) >= 11 is 11.7. The highest BCUT2D eigenvalue weighted by Crippen LogP contribution is 2.26. The van der Waals surface area contributed by atoms with Gasteiger partial charge in [0.2, 0.25) is 0 Å². The molecule has 2 aromatic rings. The molecule has 0 aliphatic heterocycles. The van der Waals surface area contributed by atoms with Crippen LogP contribution in [0.4, 0.5) is 4.79 Å². The number of amides is 1. The summed E-state index contributed by atoms with van der Waals surface area (Å²) in [6.07, 6.45) is 0.114. The first-order valence-electron chi connectivity index (χ1n) is 5.21. The number of carboxylic acid groups (broad SMARTS) is 1. The first-order valence-corrected chi connectivity index (χ1v) is 5.97. The van der Waals surface area contributed by atoms with Crippen LogP contribution in [0, 0.1) is 0 Å². The zero-order valence-electron chi connectivity index (χ0n) is 9.49. The molecule has 7 nitrogen and oxygen atoms in total. The Morgan fingerprint density at radius 2 is 2.21 bits per heavy atom. The lowest BCUT2D eigenvalue weighted by Gasteiger charge is -2.16. The van der Waals surface area contributed by atoms with Crippen molar-refractivity contribution in [3.8, 4) is 0 Å². The standard InChI is InChI=1S/C10H9Cl2N5O2/c11-7-2-1-6(3-8(7)12)9(15-10(18)19)4-17-14-5-13-16-17/h1-3,5,9,15H,4H2,(H,18,19)/t9-/m1/s1. The highest BCUT2D eigenvalue weighted by Gasteiger charge is 2.17. The fourth-order valence-electron chi connectivity index (χ4n) is 1.55. The maximum absolute atomic E-state index is 10.8. The van der Waals surface area contributed by atoms with E-state index in [2.05, 4.69) is 20.7 Å². The van der Waals surface area contributed by atoms with Gasteiger partial charge in [-0.05, 0) is 22.9 Å². The Kier molecular flexibility index (Phi) is 4.18. The number of hydrogen-bond acceptors (Lipinski definition) is 4. The van der Waals surface area contributed by atoms with Gasteiger partial charge in [-0.25, -0.2) is 4.79 Å². The predicted molar refractivity (Wildman–Crippen MR) is 68.2 cm³/mol. The van der Waals surface area contributed by atoms with E-state index in [1.54, 1.807) is 18.2 Å². The molecule has 1 heterocycles. The normalized spacial score (nSPS) is 12.1. The Hall–Kier alpha value is -1.86. The molecule has 0 fully saturated rings. The Morgan fingerprint density at radius 1 is 1.42 bits per heavy atom. The second-order valence-corrected chi connectivity index (χ2v) is 4.48. The van der Waals surface area contributed by atoms with Gasteiger partial charge >= 0.3 is 6.09 Å². The molecular formula is C10H9Cl2N5O2. The van der Waals surface area contributed by atoms with Crippen LogP contribution in [0.5, 0.6) is 0 Å². The van der Waals surface area contributed by atoms with Crippen LogP contribution in [0.1, 0.15) is 11.6 Å². The Bertz CT molecular complexity index is 575. The molecule has 0 saturated heterocycles. The number of rotatable bonds is 4. The molecule has 19 heavy (non-hydrogen) atoms. The summed E-state index contributed by atoms with van der Waals surface area (Å²) in [6.45, 7) is 0.199. The van der Waals surface area contributed by atoms with Crippen molar-refractivity contribution in [1.82, 2.24) is 25.5 Å². The first-order chi connectivity index (χ1) is 9.06. The van der Waals surface area contributed by atoms with Crippen LogP contribution in [0.25, 0.3) is 0 Å². The van der Waals surface area contributed by atoms with Crippen molar-refractivity contribution in [3.63, 3.8) is 0 Å². The minimum atomic E-state index is -1.16. The van der Waals surface area contributed by atoms with Crippen LogP contribution in [-0.2, 0) is 6.54 Å². The van der Waals surface area contributed by atoms with Gasteiger partial charge in [-0.15, -0.1) is 10.2 Å². The number of hydrogen-bond donors (Lipinski definition) is 2. The van der Waals surface area contributed by atoms with Gasteiger partial charge < -0.3 is 10.4 Å². The molecule has 2 N–H and O–H groups in total. The SMILES string of the molecule is O=C(O)N[C@H](Cn1ncnn1)c1ccc(Cl)c(Cl)c1. The van der Waals surface area contributed by atoms with Gasteiger partial charge in [-0.2, -0.15) is 4.80 Å². The number of benzene rings is 1. The summed E-state index contributed by atoms with van der Waals surface area (Å²) in [5.41, 5.74) is 0.661. The molecule has 1 aromatic carbocycles. The number of aromatic nitrogens is 4. The third kappa shape index (κ3) is 3.55. The minimum absolute atomic E-state index is 0.199. The fourth-order valence-corrected chi connectivity index (χ4v) is 1.85. The summed E-state index contributed by atoms with van der Waals surface area (Å²) in [4.78, 5) is 12.1. The highest BCUT2D eigenvalue weighted by molar-refractivity contribution is 6.42. The van der Waals surface area contributed by atoms with E-state index in [9.17, 15) is 4.79 Å². The molecule has 0 unspecified atom stereocenters. The molecule has 1 amide bonds. The van der Waals surface area contributed by atoms with Crippen LogP contribution in [0.2, 0.25) is 10.0 Å². The van der Waals surface area contributed by atoms with Crippen LogP contribution in [0.15, 0.2) is 24.5 Å². The second-order valence-electron chi connectivity index (χ2n) is 3.67. The number of tetrazole rings is 1. The Balaban J connectivity index is 2.25. The summed E-state index contributed by atoms with van der Waals surface area (Å²) in [7, 11) is 0. The number of nitrogens with one attached hydrogen (secondary N) is 1. The van der Waals surface area contributed by atoms with Crippen LogP contribution < -0.4 is 5.32 Å². The zero-order chi connectivity index (χ0) is 13.8. The lowest BCUT2D eigenvalue weighted by atomic mass is 10.1. The van der Waals surface area contributed by atoms with Gasteiger partial charge in [0.15, 0.2) is 6.33 Å². The summed E-state index contributed by atoms with van der Waals surface area (Å²) in [5.74, 6) is 0. The van der Waals surface area contributed by atoms with E-state index in [4.69, 9.17) is 28.3 Å². The third-order valence-corrected chi connectivity index (χ3v) is 3.12. The van der Waals surface area contributed by atoms with Crippen molar-refractivity contribution < 1.29 is 9.90 Å². The molecule has 1 atom stereocenters. The maximum Gasteiger partial charge on any atom is 0.405 e.